The van der Waals surface area contributed by atoms with E-state index in [0.717, 1.165) is 0 Å². The number of nitriles is 2. The summed E-state index contributed by atoms with van der Waals surface area (Å²) in [5.41, 5.74) is 1.77. The molecule has 5 nitrogen and oxygen atoms in total. The predicted octanol–water partition coefficient (Wildman–Crippen LogP) is 4.21. The Morgan fingerprint density at radius 1 is 1.04 bits per heavy atom. The average molecular weight is 385 g/mol. The van der Waals surface area contributed by atoms with Crippen LogP contribution in [0.5, 0.6) is 5.75 Å². The van der Waals surface area contributed by atoms with Gasteiger partial charge in [-0.25, -0.2) is 0 Å². The third kappa shape index (κ3) is 4.86. The summed E-state index contributed by atoms with van der Waals surface area (Å²) in [4.78, 5) is 2.75. The van der Waals surface area contributed by atoms with Gasteiger partial charge in [0.25, 0.3) is 0 Å². The summed E-state index contributed by atoms with van der Waals surface area (Å²) < 4.78 is 5.36. The molecular formula is C19H20N4OS2. The highest BCUT2D eigenvalue weighted by atomic mass is 32.1. The lowest BCUT2D eigenvalue weighted by molar-refractivity contribution is 0.415. The molecule has 0 bridgehead atoms. The molecule has 0 saturated carbocycles. The van der Waals surface area contributed by atoms with E-state index in [1.165, 1.54) is 32.4 Å². The van der Waals surface area contributed by atoms with Gasteiger partial charge in [-0.15, -0.1) is 12.6 Å². The van der Waals surface area contributed by atoms with E-state index >= 15 is 0 Å². The summed E-state index contributed by atoms with van der Waals surface area (Å²) >= 11 is 9.33. The van der Waals surface area contributed by atoms with Gasteiger partial charge in [0.15, 0.2) is 0 Å². The SMILES string of the molecule is C1CCNCC1.COc1ccc(-c2c(C#N)c(S)[nH]c(=S)c2C#N)cc1. The van der Waals surface area contributed by atoms with Gasteiger partial charge < -0.3 is 15.0 Å². The number of nitrogens with one attached hydrogen (secondary N) is 2. The molecule has 1 aromatic heterocycles. The average Bonchev–Trinajstić information content (AvgIpc) is 2.69. The number of rotatable bonds is 2. The minimum Gasteiger partial charge on any atom is -0.497 e. The number of piperidine rings is 1. The van der Waals surface area contributed by atoms with Crippen LogP contribution >= 0.6 is 24.8 Å². The fourth-order valence-corrected chi connectivity index (χ4v) is 3.25. The molecule has 1 saturated heterocycles. The van der Waals surface area contributed by atoms with Crippen LogP contribution in [-0.2, 0) is 0 Å². The highest BCUT2D eigenvalue weighted by Crippen LogP contribution is 2.31. The van der Waals surface area contributed by atoms with Crippen LogP contribution in [0.15, 0.2) is 29.3 Å². The van der Waals surface area contributed by atoms with Crippen LogP contribution < -0.4 is 10.1 Å². The van der Waals surface area contributed by atoms with Gasteiger partial charge in [-0.3, -0.25) is 0 Å². The number of hydrogen-bond acceptors (Lipinski definition) is 6. The van der Waals surface area contributed by atoms with Crippen molar-refractivity contribution in [3.63, 3.8) is 0 Å². The lowest BCUT2D eigenvalue weighted by atomic mass is 9.97. The van der Waals surface area contributed by atoms with Crippen LogP contribution in [0.25, 0.3) is 11.1 Å². The first-order valence-electron chi connectivity index (χ1n) is 8.27. The Labute approximate surface area is 164 Å². The molecule has 1 fully saturated rings. The zero-order valence-electron chi connectivity index (χ0n) is 14.5. The van der Waals surface area contributed by atoms with E-state index in [9.17, 15) is 10.5 Å². The number of aromatic amines is 1. The zero-order valence-corrected chi connectivity index (χ0v) is 16.2. The van der Waals surface area contributed by atoms with Crippen molar-refractivity contribution in [2.75, 3.05) is 20.2 Å². The summed E-state index contributed by atoms with van der Waals surface area (Å²) in [6, 6.07) is 11.2. The third-order valence-corrected chi connectivity index (χ3v) is 4.65. The molecule has 7 heteroatoms. The number of H-pyrrole nitrogens is 1. The standard InChI is InChI=1S/C14H9N3OS2.C5H11N/c1-18-9-4-2-8(3-5-9)12-10(6-15)13(19)17-14(20)11(12)7-16;1-2-4-6-5-3-1/h2-5H,1H3,(H2,17,19,20);6H,1-5H2. The molecule has 26 heavy (non-hydrogen) atoms. The second-order valence-corrected chi connectivity index (χ2v) is 6.55. The normalized spacial score (nSPS) is 12.9. The number of nitrogens with zero attached hydrogens (tertiary/aromatic N) is 2. The molecular weight excluding hydrogens is 364 g/mol. The number of pyridine rings is 1. The molecule has 0 atom stereocenters. The van der Waals surface area contributed by atoms with Gasteiger partial charge in [0, 0.05) is 5.56 Å². The van der Waals surface area contributed by atoms with Crippen molar-refractivity contribution in [1.29, 1.82) is 10.5 Å². The number of benzene rings is 1. The first kappa shape index (κ1) is 20.0. The molecule has 134 valence electrons. The molecule has 1 aromatic carbocycles. The smallest absolute Gasteiger partial charge is 0.122 e. The molecule has 0 radical (unpaired) electrons. The molecule has 1 aliphatic rings. The number of ether oxygens (including phenoxy) is 1. The van der Waals surface area contributed by atoms with Crippen LogP contribution in [0.1, 0.15) is 30.4 Å². The Kier molecular flexibility index (Phi) is 7.68. The molecule has 1 aliphatic heterocycles. The van der Waals surface area contributed by atoms with E-state index in [1.54, 1.807) is 31.4 Å². The highest BCUT2D eigenvalue weighted by molar-refractivity contribution is 7.80. The molecule has 0 aliphatic carbocycles. The first-order valence-corrected chi connectivity index (χ1v) is 9.12. The Balaban J connectivity index is 0.000000342. The maximum absolute atomic E-state index is 9.29. The van der Waals surface area contributed by atoms with E-state index in [0.29, 0.717) is 27.5 Å². The Morgan fingerprint density at radius 3 is 2.08 bits per heavy atom. The Bertz CT molecular complexity index is 876. The maximum atomic E-state index is 9.29. The predicted molar refractivity (Wildman–Crippen MR) is 107 cm³/mol. The van der Waals surface area contributed by atoms with E-state index in [2.05, 4.69) is 29.0 Å². The molecule has 2 N–H and O–H groups in total. The topological polar surface area (TPSA) is 84.6 Å². The summed E-state index contributed by atoms with van der Waals surface area (Å²) in [5.74, 6) is 0.693. The second kappa shape index (κ2) is 9.98. The lowest BCUT2D eigenvalue weighted by Gasteiger charge is -2.10. The minimum atomic E-state index is 0.263. The zero-order chi connectivity index (χ0) is 18.9. The third-order valence-electron chi connectivity index (χ3n) is 4.01. The van der Waals surface area contributed by atoms with Gasteiger partial charge in [-0.2, -0.15) is 10.5 Å². The summed E-state index contributed by atoms with van der Waals surface area (Å²) in [6.07, 6.45) is 4.22. The van der Waals surface area contributed by atoms with E-state index in [1.807, 2.05) is 6.07 Å². The largest absolute Gasteiger partial charge is 0.497 e. The van der Waals surface area contributed by atoms with Gasteiger partial charge in [-0.05, 0) is 43.6 Å². The first-order chi connectivity index (χ1) is 12.6. The Morgan fingerprint density at radius 2 is 1.65 bits per heavy atom. The van der Waals surface area contributed by atoms with Crippen molar-refractivity contribution in [3.8, 4) is 29.0 Å². The van der Waals surface area contributed by atoms with Crippen molar-refractivity contribution in [2.45, 2.75) is 24.3 Å². The highest BCUT2D eigenvalue weighted by Gasteiger charge is 2.16. The number of aromatic nitrogens is 1. The fraction of sp³-hybridized carbons (Fsp3) is 0.316. The molecule has 2 aromatic rings. The van der Waals surface area contributed by atoms with Gasteiger partial charge in [0.2, 0.25) is 0 Å². The quantitative estimate of drug-likeness (QED) is 0.533. The fourth-order valence-electron chi connectivity index (χ4n) is 2.65. The molecule has 0 spiro atoms. The number of methoxy groups -OCH3 is 1. The maximum Gasteiger partial charge on any atom is 0.122 e. The van der Waals surface area contributed by atoms with Crippen molar-refractivity contribution in [1.82, 2.24) is 10.3 Å². The van der Waals surface area contributed by atoms with Crippen LogP contribution in [0, 0.1) is 27.3 Å². The van der Waals surface area contributed by atoms with Crippen molar-refractivity contribution < 1.29 is 4.74 Å². The van der Waals surface area contributed by atoms with Gasteiger partial charge in [0.1, 0.15) is 22.5 Å². The van der Waals surface area contributed by atoms with Crippen molar-refractivity contribution in [2.24, 2.45) is 0 Å². The van der Waals surface area contributed by atoms with Gasteiger partial charge in [-0.1, -0.05) is 30.8 Å². The molecule has 3 rings (SSSR count). The molecule has 2 heterocycles. The number of hydrogen-bond donors (Lipinski definition) is 3. The van der Waals surface area contributed by atoms with Crippen LogP contribution in [-0.4, -0.2) is 25.2 Å². The second-order valence-electron chi connectivity index (χ2n) is 5.69. The molecule has 0 unspecified atom stereocenters. The van der Waals surface area contributed by atoms with Crippen molar-refractivity contribution >= 4 is 24.8 Å². The summed E-state index contributed by atoms with van der Waals surface area (Å²) in [5, 5.41) is 22.2. The van der Waals surface area contributed by atoms with E-state index in [4.69, 9.17) is 17.0 Å². The lowest BCUT2D eigenvalue weighted by Crippen LogP contribution is -2.21. The van der Waals surface area contributed by atoms with Crippen LogP contribution in [0.2, 0.25) is 0 Å². The van der Waals surface area contributed by atoms with E-state index in [-0.39, 0.29) is 10.2 Å². The monoisotopic (exact) mass is 384 g/mol. The Hall–Kier alpha value is -2.32. The van der Waals surface area contributed by atoms with Gasteiger partial charge >= 0.3 is 0 Å². The summed E-state index contributed by atoms with van der Waals surface area (Å²) in [6.45, 7) is 2.50. The van der Waals surface area contributed by atoms with Crippen LogP contribution in [0.4, 0.5) is 0 Å². The molecule has 0 amide bonds. The number of thiol groups is 1. The van der Waals surface area contributed by atoms with Crippen molar-refractivity contribution in [3.05, 3.63) is 40.0 Å². The van der Waals surface area contributed by atoms with Crippen LogP contribution in [0.3, 0.4) is 0 Å². The van der Waals surface area contributed by atoms with Gasteiger partial charge in [0.05, 0.1) is 23.3 Å². The summed E-state index contributed by atoms with van der Waals surface area (Å²) in [7, 11) is 1.57. The van der Waals surface area contributed by atoms with E-state index < -0.39 is 0 Å². The minimum absolute atomic E-state index is 0.263.